The molecule has 0 fully saturated rings. The molecular weight excluding hydrogens is 421 g/mol. The van der Waals surface area contributed by atoms with Crippen molar-refractivity contribution in [1.82, 2.24) is 5.43 Å². The van der Waals surface area contributed by atoms with Crippen molar-refractivity contribution < 1.29 is 23.8 Å². The highest BCUT2D eigenvalue weighted by Crippen LogP contribution is 2.34. The van der Waals surface area contributed by atoms with E-state index in [0.29, 0.717) is 15.7 Å². The Morgan fingerprint density at radius 3 is 2.56 bits per heavy atom. The van der Waals surface area contributed by atoms with Gasteiger partial charge in [-0.05, 0) is 57.9 Å². The second-order valence-electron chi connectivity index (χ2n) is 5.40. The zero-order valence-electron chi connectivity index (χ0n) is 14.3. The van der Waals surface area contributed by atoms with Gasteiger partial charge in [0, 0.05) is 18.5 Å². The maximum atomic E-state index is 12.8. The first kappa shape index (κ1) is 20.4. The fourth-order valence-corrected chi connectivity index (χ4v) is 2.50. The molecule has 2 rings (SSSR count). The van der Waals surface area contributed by atoms with Crippen LogP contribution in [-0.4, -0.2) is 30.2 Å². The number of halogens is 2. The number of carbonyl (C=O) groups is 2. The highest BCUT2D eigenvalue weighted by atomic mass is 79.9. The van der Waals surface area contributed by atoms with Crippen LogP contribution in [0.4, 0.5) is 10.1 Å². The zero-order valence-corrected chi connectivity index (χ0v) is 15.9. The average molecular weight is 438 g/mol. The summed E-state index contributed by atoms with van der Waals surface area (Å²) in [7, 11) is 1.42. The van der Waals surface area contributed by atoms with Gasteiger partial charge in [0.15, 0.2) is 11.5 Å². The number of benzene rings is 2. The van der Waals surface area contributed by atoms with E-state index in [1.165, 1.54) is 37.6 Å². The normalized spacial score (nSPS) is 10.6. The van der Waals surface area contributed by atoms with E-state index < -0.39 is 11.7 Å². The second-order valence-corrected chi connectivity index (χ2v) is 6.26. The van der Waals surface area contributed by atoms with Crippen LogP contribution in [0.5, 0.6) is 11.5 Å². The fraction of sp³-hybridized carbons (Fsp3) is 0.167. The van der Waals surface area contributed by atoms with Crippen molar-refractivity contribution in [2.75, 3.05) is 12.4 Å². The summed E-state index contributed by atoms with van der Waals surface area (Å²) in [4.78, 5) is 23.5. The highest BCUT2D eigenvalue weighted by molar-refractivity contribution is 9.10. The van der Waals surface area contributed by atoms with Crippen molar-refractivity contribution in [1.29, 1.82) is 0 Å². The van der Waals surface area contributed by atoms with Crippen molar-refractivity contribution in [3.05, 3.63) is 52.3 Å². The van der Waals surface area contributed by atoms with Crippen LogP contribution in [0.2, 0.25) is 0 Å². The van der Waals surface area contributed by atoms with E-state index in [4.69, 9.17) is 4.74 Å². The van der Waals surface area contributed by atoms with Gasteiger partial charge >= 0.3 is 0 Å². The van der Waals surface area contributed by atoms with E-state index in [1.54, 1.807) is 12.1 Å². The molecule has 0 heterocycles. The number of hydrogen-bond acceptors (Lipinski definition) is 5. The van der Waals surface area contributed by atoms with Gasteiger partial charge in [-0.1, -0.05) is 0 Å². The van der Waals surface area contributed by atoms with Crippen LogP contribution >= 0.6 is 15.9 Å². The van der Waals surface area contributed by atoms with Crippen LogP contribution in [0.1, 0.15) is 18.4 Å². The Morgan fingerprint density at radius 1 is 1.22 bits per heavy atom. The molecule has 0 bridgehead atoms. The number of ether oxygens (including phenoxy) is 1. The molecule has 0 aliphatic rings. The molecule has 142 valence electrons. The zero-order chi connectivity index (χ0) is 19.8. The predicted octanol–water partition coefficient (Wildman–Crippen LogP) is 3.17. The number of hydrogen-bond donors (Lipinski definition) is 3. The third kappa shape index (κ3) is 6.37. The van der Waals surface area contributed by atoms with Crippen LogP contribution < -0.4 is 15.5 Å². The summed E-state index contributed by atoms with van der Waals surface area (Å²) in [5.41, 5.74) is 3.35. The lowest BCUT2D eigenvalue weighted by molar-refractivity contribution is -0.124. The Kier molecular flexibility index (Phi) is 7.30. The molecule has 9 heteroatoms. The molecule has 27 heavy (non-hydrogen) atoms. The molecule has 0 atom stereocenters. The molecule has 0 unspecified atom stereocenters. The molecule has 0 aliphatic carbocycles. The van der Waals surface area contributed by atoms with Gasteiger partial charge in [-0.3, -0.25) is 9.59 Å². The monoisotopic (exact) mass is 437 g/mol. The SMILES string of the molecule is COc1cc(C=NNC(=O)CCC(=O)Nc2ccc(F)cc2)cc(Br)c1O. The maximum absolute atomic E-state index is 12.8. The van der Waals surface area contributed by atoms with Gasteiger partial charge in [-0.25, -0.2) is 9.82 Å². The van der Waals surface area contributed by atoms with Gasteiger partial charge in [0.1, 0.15) is 5.82 Å². The molecule has 0 aliphatic heterocycles. The van der Waals surface area contributed by atoms with E-state index in [9.17, 15) is 19.1 Å². The smallest absolute Gasteiger partial charge is 0.240 e. The Balaban J connectivity index is 1.80. The van der Waals surface area contributed by atoms with Gasteiger partial charge in [0.2, 0.25) is 11.8 Å². The van der Waals surface area contributed by atoms with Gasteiger partial charge in [-0.2, -0.15) is 5.10 Å². The lowest BCUT2D eigenvalue weighted by Crippen LogP contribution is -2.20. The fourth-order valence-electron chi connectivity index (χ4n) is 2.04. The molecule has 3 N–H and O–H groups in total. The standard InChI is InChI=1S/C18H17BrFN3O4/c1-27-15-9-11(8-14(19)18(15)26)10-21-23-17(25)7-6-16(24)22-13-4-2-12(20)3-5-13/h2-5,8-10,26H,6-7H2,1H3,(H,22,24)(H,23,25). The van der Waals surface area contributed by atoms with E-state index in [-0.39, 0.29) is 30.2 Å². The molecule has 2 aromatic rings. The molecule has 7 nitrogen and oxygen atoms in total. The third-order valence-corrected chi connectivity index (χ3v) is 3.99. The lowest BCUT2D eigenvalue weighted by Gasteiger charge is -2.06. The summed E-state index contributed by atoms with van der Waals surface area (Å²) in [6, 6.07) is 8.47. The summed E-state index contributed by atoms with van der Waals surface area (Å²) >= 11 is 3.19. The number of carbonyl (C=O) groups excluding carboxylic acids is 2. The topological polar surface area (TPSA) is 100 Å². The van der Waals surface area contributed by atoms with Crippen molar-refractivity contribution in [3.63, 3.8) is 0 Å². The number of hydrazone groups is 1. The van der Waals surface area contributed by atoms with Crippen LogP contribution in [-0.2, 0) is 9.59 Å². The van der Waals surface area contributed by atoms with Crippen LogP contribution in [0, 0.1) is 5.82 Å². The summed E-state index contributed by atoms with van der Waals surface area (Å²) < 4.78 is 18.2. The molecule has 2 amide bonds. The van der Waals surface area contributed by atoms with Gasteiger partial charge < -0.3 is 15.2 Å². The molecule has 0 spiro atoms. The number of nitrogens with zero attached hydrogens (tertiary/aromatic N) is 1. The van der Waals surface area contributed by atoms with Gasteiger partial charge in [0.25, 0.3) is 0 Å². The number of phenolic OH excluding ortho intramolecular Hbond substituents is 1. The van der Waals surface area contributed by atoms with Crippen molar-refractivity contribution >= 4 is 39.6 Å². The summed E-state index contributed by atoms with van der Waals surface area (Å²) in [5, 5.41) is 16.1. The lowest BCUT2D eigenvalue weighted by atomic mass is 10.2. The summed E-state index contributed by atoms with van der Waals surface area (Å²) in [6.45, 7) is 0. The Labute approximate surface area is 163 Å². The molecule has 0 radical (unpaired) electrons. The van der Waals surface area contributed by atoms with Crippen LogP contribution in [0.25, 0.3) is 0 Å². The third-order valence-electron chi connectivity index (χ3n) is 3.38. The van der Waals surface area contributed by atoms with E-state index in [2.05, 4.69) is 31.8 Å². The molecule has 0 saturated heterocycles. The number of methoxy groups -OCH3 is 1. The highest BCUT2D eigenvalue weighted by Gasteiger charge is 2.09. The maximum Gasteiger partial charge on any atom is 0.240 e. The van der Waals surface area contributed by atoms with Crippen molar-refractivity contribution in [2.24, 2.45) is 5.10 Å². The first-order valence-electron chi connectivity index (χ1n) is 7.83. The minimum atomic E-state index is -0.440. The van der Waals surface area contributed by atoms with Crippen molar-refractivity contribution in [2.45, 2.75) is 12.8 Å². The summed E-state index contributed by atoms with van der Waals surface area (Å²) in [6.07, 6.45) is 1.27. The van der Waals surface area contributed by atoms with E-state index in [0.717, 1.165) is 0 Å². The average Bonchev–Trinajstić information content (AvgIpc) is 2.64. The van der Waals surface area contributed by atoms with Crippen molar-refractivity contribution in [3.8, 4) is 11.5 Å². The number of anilines is 1. The van der Waals surface area contributed by atoms with Gasteiger partial charge in [-0.15, -0.1) is 0 Å². The largest absolute Gasteiger partial charge is 0.503 e. The van der Waals surface area contributed by atoms with E-state index in [1.807, 2.05) is 0 Å². The number of nitrogens with one attached hydrogen (secondary N) is 2. The summed E-state index contributed by atoms with van der Waals surface area (Å²) in [5.74, 6) is -0.984. The minimum Gasteiger partial charge on any atom is -0.503 e. The van der Waals surface area contributed by atoms with Crippen LogP contribution in [0.3, 0.4) is 0 Å². The Bertz CT molecular complexity index is 856. The number of rotatable bonds is 7. The second kappa shape index (κ2) is 9.67. The molecule has 2 aromatic carbocycles. The molecule has 0 saturated carbocycles. The Morgan fingerprint density at radius 2 is 1.89 bits per heavy atom. The number of aromatic hydroxyl groups is 1. The van der Waals surface area contributed by atoms with Crippen LogP contribution in [0.15, 0.2) is 46.0 Å². The predicted molar refractivity (Wildman–Crippen MR) is 102 cm³/mol. The molecular formula is C18H17BrFN3O4. The minimum absolute atomic E-state index is 0.0362. The number of amides is 2. The molecule has 0 aromatic heterocycles. The quantitative estimate of drug-likeness (QED) is 0.457. The Hall–Kier alpha value is -2.94. The number of phenols is 1. The van der Waals surface area contributed by atoms with Gasteiger partial charge in [0.05, 0.1) is 17.8 Å². The first-order valence-corrected chi connectivity index (χ1v) is 8.62. The first-order chi connectivity index (χ1) is 12.9. The van der Waals surface area contributed by atoms with E-state index >= 15 is 0 Å².